The molecule has 2 N–H and O–H groups in total. The minimum atomic E-state index is -0.445. The molecule has 0 radical (unpaired) electrons. The number of hydrogen-bond donors (Lipinski definition) is 2. The van der Waals surface area contributed by atoms with Crippen molar-refractivity contribution < 1.29 is 14.6 Å². The lowest BCUT2D eigenvalue weighted by Crippen LogP contribution is -2.52. The third kappa shape index (κ3) is 6.76. The van der Waals surface area contributed by atoms with Crippen LogP contribution in [-0.2, 0) is 4.74 Å². The lowest BCUT2D eigenvalue weighted by molar-refractivity contribution is 0.0111. The fourth-order valence-corrected chi connectivity index (χ4v) is 3.79. The fraction of sp³-hybridized carbons (Fsp3) is 0.947. The number of aliphatic hydroxyl groups is 1. The predicted molar refractivity (Wildman–Crippen MR) is 99.7 cm³/mol. The average Bonchev–Trinajstić information content (AvgIpc) is 2.50. The maximum atomic E-state index is 11.9. The molecule has 2 fully saturated rings. The Labute approximate surface area is 152 Å². The highest BCUT2D eigenvalue weighted by Crippen LogP contribution is 2.20. The molecule has 0 aromatic heterocycles. The van der Waals surface area contributed by atoms with Gasteiger partial charge in [0.1, 0.15) is 5.60 Å². The van der Waals surface area contributed by atoms with E-state index in [0.717, 1.165) is 52.0 Å². The van der Waals surface area contributed by atoms with Crippen molar-refractivity contribution >= 4 is 6.09 Å². The van der Waals surface area contributed by atoms with Crippen LogP contribution in [0.1, 0.15) is 53.9 Å². The van der Waals surface area contributed by atoms with Gasteiger partial charge in [-0.3, -0.25) is 4.90 Å². The number of rotatable bonds is 4. The molecule has 1 amide bonds. The number of piperidine rings is 2. The number of carbonyl (C=O) groups is 1. The van der Waals surface area contributed by atoms with E-state index in [1.54, 1.807) is 0 Å². The third-order valence-corrected chi connectivity index (χ3v) is 5.35. The van der Waals surface area contributed by atoms with Gasteiger partial charge in [0.15, 0.2) is 0 Å². The number of ether oxygens (including phenoxy) is 1. The second kappa shape index (κ2) is 8.69. The highest BCUT2D eigenvalue weighted by atomic mass is 16.6. The zero-order valence-electron chi connectivity index (χ0n) is 16.6. The minimum Gasteiger partial charge on any atom is -0.444 e. The average molecular weight is 356 g/mol. The van der Waals surface area contributed by atoms with Gasteiger partial charge in [-0.1, -0.05) is 6.92 Å². The lowest BCUT2D eigenvalue weighted by Gasteiger charge is -2.41. The van der Waals surface area contributed by atoms with Crippen molar-refractivity contribution in [1.29, 1.82) is 0 Å². The predicted octanol–water partition coefficient (Wildman–Crippen LogP) is 2.07. The van der Waals surface area contributed by atoms with Crippen molar-refractivity contribution in [3.63, 3.8) is 0 Å². The fourth-order valence-electron chi connectivity index (χ4n) is 3.79. The first kappa shape index (κ1) is 20.5. The zero-order valence-corrected chi connectivity index (χ0v) is 16.6. The van der Waals surface area contributed by atoms with Gasteiger partial charge in [0.05, 0.1) is 6.10 Å². The summed E-state index contributed by atoms with van der Waals surface area (Å²) in [6.07, 6.45) is 2.38. The molecule has 2 aliphatic rings. The summed E-state index contributed by atoms with van der Waals surface area (Å²) >= 11 is 0. The minimum absolute atomic E-state index is 0.141. The Morgan fingerprint density at radius 1 is 1.24 bits per heavy atom. The van der Waals surface area contributed by atoms with Gasteiger partial charge in [-0.05, 0) is 52.9 Å². The number of carbonyl (C=O) groups excluding carboxylic acids is 1. The maximum absolute atomic E-state index is 11.9. The summed E-state index contributed by atoms with van der Waals surface area (Å²) in [5, 5.41) is 12.9. The first-order chi connectivity index (χ1) is 11.6. The van der Waals surface area contributed by atoms with Crippen molar-refractivity contribution in [2.75, 3.05) is 32.7 Å². The molecule has 6 heteroatoms. The molecule has 2 aliphatic heterocycles. The van der Waals surface area contributed by atoms with Gasteiger partial charge in [-0.2, -0.15) is 0 Å². The molecule has 2 heterocycles. The van der Waals surface area contributed by atoms with Crippen molar-refractivity contribution in [2.45, 2.75) is 77.7 Å². The number of likely N-dealkylation sites (tertiary alicyclic amines) is 2. The van der Waals surface area contributed by atoms with Crippen LogP contribution in [0.3, 0.4) is 0 Å². The second-order valence-corrected chi connectivity index (χ2v) is 8.90. The van der Waals surface area contributed by atoms with E-state index in [1.807, 2.05) is 20.8 Å². The van der Waals surface area contributed by atoms with E-state index in [0.29, 0.717) is 12.0 Å². The summed E-state index contributed by atoms with van der Waals surface area (Å²) in [4.78, 5) is 16.9. The Balaban J connectivity index is 1.69. The van der Waals surface area contributed by atoms with Crippen molar-refractivity contribution in [2.24, 2.45) is 5.92 Å². The van der Waals surface area contributed by atoms with E-state index < -0.39 is 5.60 Å². The summed E-state index contributed by atoms with van der Waals surface area (Å²) < 4.78 is 5.34. The Morgan fingerprint density at radius 2 is 1.88 bits per heavy atom. The highest BCUT2D eigenvalue weighted by molar-refractivity contribution is 5.68. The molecule has 0 aliphatic carbocycles. The Morgan fingerprint density at radius 3 is 2.44 bits per heavy atom. The summed E-state index contributed by atoms with van der Waals surface area (Å²) in [6.45, 7) is 15.1. The van der Waals surface area contributed by atoms with Crippen LogP contribution in [-0.4, -0.2) is 77.5 Å². The molecule has 146 valence electrons. The third-order valence-electron chi connectivity index (χ3n) is 5.35. The molecule has 2 rings (SSSR count). The SMILES string of the molecule is CC(CN1CCC(NC(=O)OC(C)(C)C)CC1)N1CC[C@H](O)[C@@H](C)C1. The van der Waals surface area contributed by atoms with Crippen molar-refractivity contribution in [1.82, 2.24) is 15.1 Å². The summed E-state index contributed by atoms with van der Waals surface area (Å²) in [5.74, 6) is 0.361. The van der Waals surface area contributed by atoms with E-state index in [9.17, 15) is 9.90 Å². The molecular weight excluding hydrogens is 318 g/mol. The highest BCUT2D eigenvalue weighted by Gasteiger charge is 2.29. The molecule has 1 unspecified atom stereocenters. The largest absolute Gasteiger partial charge is 0.444 e. The Bertz CT molecular complexity index is 430. The molecule has 6 nitrogen and oxygen atoms in total. The van der Waals surface area contributed by atoms with Gasteiger partial charge < -0.3 is 20.1 Å². The summed E-state index contributed by atoms with van der Waals surface area (Å²) in [7, 11) is 0. The van der Waals surface area contributed by atoms with Crippen molar-refractivity contribution in [3.8, 4) is 0 Å². The van der Waals surface area contributed by atoms with Gasteiger partial charge in [0.25, 0.3) is 0 Å². The zero-order chi connectivity index (χ0) is 18.6. The monoisotopic (exact) mass is 355 g/mol. The number of amides is 1. The van der Waals surface area contributed by atoms with Crippen LogP contribution in [0.15, 0.2) is 0 Å². The number of hydrogen-bond acceptors (Lipinski definition) is 5. The first-order valence-corrected chi connectivity index (χ1v) is 9.78. The summed E-state index contributed by atoms with van der Waals surface area (Å²) in [5.41, 5.74) is -0.445. The molecule has 25 heavy (non-hydrogen) atoms. The van der Waals surface area contributed by atoms with E-state index in [2.05, 4.69) is 29.0 Å². The lowest BCUT2D eigenvalue weighted by atomic mass is 9.95. The molecule has 0 aromatic rings. The number of alkyl carbamates (subject to hydrolysis) is 1. The van der Waals surface area contributed by atoms with Crippen molar-refractivity contribution in [3.05, 3.63) is 0 Å². The topological polar surface area (TPSA) is 65.0 Å². The van der Waals surface area contributed by atoms with Gasteiger partial charge in [0.2, 0.25) is 0 Å². The Hall–Kier alpha value is -0.850. The second-order valence-electron chi connectivity index (χ2n) is 8.90. The molecular formula is C19H37N3O3. The first-order valence-electron chi connectivity index (χ1n) is 9.78. The molecule has 0 spiro atoms. The van der Waals surface area contributed by atoms with E-state index in [-0.39, 0.29) is 18.2 Å². The van der Waals surface area contributed by atoms with Gasteiger partial charge >= 0.3 is 6.09 Å². The molecule has 2 saturated heterocycles. The number of nitrogens with zero attached hydrogens (tertiary/aromatic N) is 2. The van der Waals surface area contributed by atoms with Crippen LogP contribution >= 0.6 is 0 Å². The van der Waals surface area contributed by atoms with Crippen LogP contribution in [0.2, 0.25) is 0 Å². The molecule has 0 aromatic carbocycles. The van der Waals surface area contributed by atoms with Gasteiger partial charge in [-0.15, -0.1) is 0 Å². The quantitative estimate of drug-likeness (QED) is 0.808. The normalized spacial score (nSPS) is 28.6. The van der Waals surface area contributed by atoms with E-state index >= 15 is 0 Å². The summed E-state index contributed by atoms with van der Waals surface area (Å²) in [6, 6.07) is 0.719. The standard InChI is InChI=1S/C19H37N3O3/c1-14-12-22(11-8-17(14)23)15(2)13-21-9-6-16(7-10-21)20-18(24)25-19(3,4)5/h14-17,23H,6-13H2,1-5H3,(H,20,24)/t14-,15?,17-/m0/s1. The van der Waals surface area contributed by atoms with Gasteiger partial charge in [0, 0.05) is 44.8 Å². The van der Waals surface area contributed by atoms with Crippen LogP contribution in [0, 0.1) is 5.92 Å². The maximum Gasteiger partial charge on any atom is 0.407 e. The Kier molecular flexibility index (Phi) is 7.11. The smallest absolute Gasteiger partial charge is 0.407 e. The van der Waals surface area contributed by atoms with E-state index in [4.69, 9.17) is 4.74 Å². The van der Waals surface area contributed by atoms with Crippen LogP contribution in [0.5, 0.6) is 0 Å². The molecule has 0 saturated carbocycles. The van der Waals surface area contributed by atoms with Crippen LogP contribution < -0.4 is 5.32 Å². The van der Waals surface area contributed by atoms with Crippen LogP contribution in [0.25, 0.3) is 0 Å². The van der Waals surface area contributed by atoms with Crippen LogP contribution in [0.4, 0.5) is 4.79 Å². The number of nitrogens with one attached hydrogen (secondary N) is 1. The number of aliphatic hydroxyl groups excluding tert-OH is 1. The van der Waals surface area contributed by atoms with E-state index in [1.165, 1.54) is 0 Å². The molecule has 3 atom stereocenters. The molecule has 0 bridgehead atoms. The van der Waals surface area contributed by atoms with Gasteiger partial charge in [-0.25, -0.2) is 4.79 Å².